The fourth-order valence-corrected chi connectivity index (χ4v) is 1.52. The van der Waals surface area contributed by atoms with Gasteiger partial charge in [-0.1, -0.05) is 42.9 Å². The van der Waals surface area contributed by atoms with Crippen molar-refractivity contribution in [3.05, 3.63) is 36.0 Å². The quantitative estimate of drug-likeness (QED) is 0.699. The standard InChI is InChI=1S/C12H19N/c1-3-13-10-12-8-6-4-5-7-11(2)9-12/h4-8,12-13H,3,9-10H2,1-2H3/b5-4-,8-6?,11-7-. The van der Waals surface area contributed by atoms with Crippen molar-refractivity contribution in [2.75, 3.05) is 13.1 Å². The van der Waals surface area contributed by atoms with Crippen molar-refractivity contribution in [3.63, 3.8) is 0 Å². The van der Waals surface area contributed by atoms with Gasteiger partial charge in [0.2, 0.25) is 0 Å². The molecule has 0 aromatic heterocycles. The van der Waals surface area contributed by atoms with Crippen molar-refractivity contribution >= 4 is 0 Å². The van der Waals surface area contributed by atoms with Crippen molar-refractivity contribution in [3.8, 4) is 0 Å². The Labute approximate surface area is 81.2 Å². The summed E-state index contributed by atoms with van der Waals surface area (Å²) in [7, 11) is 0. The zero-order valence-electron chi connectivity index (χ0n) is 8.59. The molecule has 1 rings (SSSR count). The normalized spacial score (nSPS) is 28.8. The molecule has 0 bridgehead atoms. The molecule has 1 unspecified atom stereocenters. The van der Waals surface area contributed by atoms with Crippen molar-refractivity contribution in [1.29, 1.82) is 0 Å². The molecule has 72 valence electrons. The van der Waals surface area contributed by atoms with E-state index in [0.29, 0.717) is 5.92 Å². The van der Waals surface area contributed by atoms with Gasteiger partial charge in [-0.2, -0.15) is 0 Å². The van der Waals surface area contributed by atoms with Gasteiger partial charge in [0.05, 0.1) is 0 Å². The maximum atomic E-state index is 3.38. The first-order valence-electron chi connectivity index (χ1n) is 5.04. The van der Waals surface area contributed by atoms with Gasteiger partial charge in [-0.3, -0.25) is 0 Å². The Morgan fingerprint density at radius 1 is 1.38 bits per heavy atom. The highest BCUT2D eigenvalue weighted by Crippen LogP contribution is 2.14. The molecule has 1 atom stereocenters. The van der Waals surface area contributed by atoms with Gasteiger partial charge in [-0.05, 0) is 25.8 Å². The van der Waals surface area contributed by atoms with E-state index in [4.69, 9.17) is 0 Å². The van der Waals surface area contributed by atoms with Crippen LogP contribution in [-0.4, -0.2) is 13.1 Å². The molecule has 1 aliphatic rings. The molecule has 1 aliphatic carbocycles. The van der Waals surface area contributed by atoms with Crippen LogP contribution in [0.1, 0.15) is 20.3 Å². The van der Waals surface area contributed by atoms with Crippen LogP contribution in [-0.2, 0) is 0 Å². The van der Waals surface area contributed by atoms with E-state index >= 15 is 0 Å². The van der Waals surface area contributed by atoms with Crippen molar-refractivity contribution in [1.82, 2.24) is 5.32 Å². The second-order valence-corrected chi connectivity index (χ2v) is 3.55. The third-order valence-corrected chi connectivity index (χ3v) is 2.23. The summed E-state index contributed by atoms with van der Waals surface area (Å²) < 4.78 is 0. The van der Waals surface area contributed by atoms with E-state index in [1.807, 2.05) is 0 Å². The van der Waals surface area contributed by atoms with Gasteiger partial charge in [0.1, 0.15) is 0 Å². The molecule has 1 nitrogen and oxygen atoms in total. The van der Waals surface area contributed by atoms with E-state index in [1.54, 1.807) is 0 Å². The van der Waals surface area contributed by atoms with Crippen molar-refractivity contribution in [2.24, 2.45) is 5.92 Å². The molecule has 0 fully saturated rings. The Morgan fingerprint density at radius 3 is 3.00 bits per heavy atom. The summed E-state index contributed by atoms with van der Waals surface area (Å²) >= 11 is 0. The Balaban J connectivity index is 2.49. The molecule has 0 amide bonds. The minimum atomic E-state index is 0.654. The van der Waals surface area contributed by atoms with Crippen LogP contribution in [0.2, 0.25) is 0 Å². The first kappa shape index (κ1) is 10.3. The van der Waals surface area contributed by atoms with Gasteiger partial charge in [0.15, 0.2) is 0 Å². The van der Waals surface area contributed by atoms with Gasteiger partial charge in [-0.15, -0.1) is 0 Å². The van der Waals surface area contributed by atoms with Crippen LogP contribution in [0.4, 0.5) is 0 Å². The SMILES string of the molecule is CCNCC1C=C/C=C\C=C(\C)C1. The molecule has 0 radical (unpaired) electrons. The molecule has 1 heteroatoms. The van der Waals surface area contributed by atoms with Gasteiger partial charge >= 0.3 is 0 Å². The number of hydrogen-bond donors (Lipinski definition) is 1. The number of allylic oxidation sites excluding steroid dienone is 5. The number of hydrogen-bond acceptors (Lipinski definition) is 1. The zero-order chi connectivity index (χ0) is 9.52. The van der Waals surface area contributed by atoms with Crippen LogP contribution < -0.4 is 5.32 Å². The van der Waals surface area contributed by atoms with Gasteiger partial charge in [0.25, 0.3) is 0 Å². The van der Waals surface area contributed by atoms with Crippen LogP contribution in [0.3, 0.4) is 0 Å². The van der Waals surface area contributed by atoms with E-state index in [-0.39, 0.29) is 0 Å². The predicted octanol–water partition coefficient (Wildman–Crippen LogP) is 2.67. The first-order chi connectivity index (χ1) is 6.33. The highest BCUT2D eigenvalue weighted by Gasteiger charge is 2.04. The van der Waals surface area contributed by atoms with E-state index in [1.165, 1.54) is 12.0 Å². The van der Waals surface area contributed by atoms with Gasteiger partial charge < -0.3 is 5.32 Å². The lowest BCUT2D eigenvalue weighted by Crippen LogP contribution is -2.21. The summed E-state index contributed by atoms with van der Waals surface area (Å²) in [5.74, 6) is 0.654. The molecule has 0 aromatic carbocycles. The highest BCUT2D eigenvalue weighted by atomic mass is 14.8. The second-order valence-electron chi connectivity index (χ2n) is 3.55. The topological polar surface area (TPSA) is 12.0 Å². The van der Waals surface area contributed by atoms with Crippen LogP contribution in [0.25, 0.3) is 0 Å². The lowest BCUT2D eigenvalue weighted by Gasteiger charge is -2.14. The summed E-state index contributed by atoms with van der Waals surface area (Å²) in [6.45, 7) is 6.49. The maximum absolute atomic E-state index is 3.38. The minimum absolute atomic E-state index is 0.654. The summed E-state index contributed by atoms with van der Waals surface area (Å²) in [4.78, 5) is 0. The summed E-state index contributed by atoms with van der Waals surface area (Å²) in [6.07, 6.45) is 12.0. The van der Waals surface area contributed by atoms with Crippen LogP contribution in [0.15, 0.2) is 36.0 Å². The fourth-order valence-electron chi connectivity index (χ4n) is 1.52. The van der Waals surface area contributed by atoms with E-state index < -0.39 is 0 Å². The van der Waals surface area contributed by atoms with Gasteiger partial charge in [-0.25, -0.2) is 0 Å². The second kappa shape index (κ2) is 5.76. The van der Waals surface area contributed by atoms with Crippen molar-refractivity contribution in [2.45, 2.75) is 20.3 Å². The third kappa shape index (κ3) is 4.09. The largest absolute Gasteiger partial charge is 0.316 e. The highest BCUT2D eigenvalue weighted by molar-refractivity contribution is 5.19. The monoisotopic (exact) mass is 177 g/mol. The summed E-state index contributed by atoms with van der Waals surface area (Å²) in [5, 5.41) is 3.38. The fraction of sp³-hybridized carbons (Fsp3) is 0.500. The number of nitrogens with one attached hydrogen (secondary N) is 1. The van der Waals surface area contributed by atoms with Crippen molar-refractivity contribution < 1.29 is 0 Å². The third-order valence-electron chi connectivity index (χ3n) is 2.23. The van der Waals surface area contributed by atoms with Crippen LogP contribution in [0.5, 0.6) is 0 Å². The molecule has 0 saturated heterocycles. The zero-order valence-corrected chi connectivity index (χ0v) is 8.59. The Kier molecular flexibility index (Phi) is 4.55. The molecular formula is C12H19N. The summed E-state index contributed by atoms with van der Waals surface area (Å²) in [6, 6.07) is 0. The smallest absolute Gasteiger partial charge is 0.00172 e. The molecule has 13 heavy (non-hydrogen) atoms. The molecule has 0 aliphatic heterocycles. The lowest BCUT2D eigenvalue weighted by molar-refractivity contribution is 0.565. The maximum Gasteiger partial charge on any atom is 0.00172 e. The molecule has 0 heterocycles. The lowest BCUT2D eigenvalue weighted by atomic mass is 9.98. The van der Waals surface area contributed by atoms with E-state index in [2.05, 4.69) is 49.5 Å². The molecule has 1 N–H and O–H groups in total. The average Bonchev–Trinajstić information content (AvgIpc) is 2.09. The summed E-state index contributed by atoms with van der Waals surface area (Å²) in [5.41, 5.74) is 1.46. The molecule has 0 spiro atoms. The molecule has 0 saturated carbocycles. The number of rotatable bonds is 3. The minimum Gasteiger partial charge on any atom is -0.316 e. The van der Waals surface area contributed by atoms with Crippen LogP contribution in [0, 0.1) is 5.92 Å². The average molecular weight is 177 g/mol. The molecular weight excluding hydrogens is 158 g/mol. The Bertz CT molecular complexity index is 223. The Morgan fingerprint density at radius 2 is 2.23 bits per heavy atom. The van der Waals surface area contributed by atoms with Gasteiger partial charge in [0, 0.05) is 6.54 Å². The van der Waals surface area contributed by atoms with E-state index in [9.17, 15) is 0 Å². The first-order valence-corrected chi connectivity index (χ1v) is 5.04. The van der Waals surface area contributed by atoms with Crippen LogP contribution >= 0.6 is 0 Å². The predicted molar refractivity (Wildman–Crippen MR) is 58.7 cm³/mol. The molecule has 0 aromatic rings. The van der Waals surface area contributed by atoms with E-state index in [0.717, 1.165) is 13.1 Å². The Hall–Kier alpha value is -0.820.